The second-order valence-electron chi connectivity index (χ2n) is 7.03. The van der Waals surface area contributed by atoms with Gasteiger partial charge in [0.15, 0.2) is 0 Å². The van der Waals surface area contributed by atoms with Crippen LogP contribution >= 0.6 is 11.8 Å². The largest absolute Gasteiger partial charge is 0.372 e. The SMILES string of the molecule is CCN(CC)c1ccc(/C=C2\SC(=O)N(CNc3cc(C)ccc3C)C2=O)cc1. The predicted octanol–water partition coefficient (Wildman–Crippen LogP) is 5.26. The summed E-state index contributed by atoms with van der Waals surface area (Å²) in [6.07, 6.45) is 1.79. The van der Waals surface area contributed by atoms with Gasteiger partial charge in [-0.2, -0.15) is 0 Å². The van der Waals surface area contributed by atoms with Crippen molar-refractivity contribution in [1.82, 2.24) is 4.90 Å². The van der Waals surface area contributed by atoms with Crippen LogP contribution in [-0.2, 0) is 4.79 Å². The van der Waals surface area contributed by atoms with Crippen molar-refractivity contribution in [2.45, 2.75) is 27.7 Å². The first-order valence-electron chi connectivity index (χ1n) is 9.84. The molecule has 152 valence electrons. The van der Waals surface area contributed by atoms with Gasteiger partial charge in [0.25, 0.3) is 11.1 Å². The van der Waals surface area contributed by atoms with Gasteiger partial charge >= 0.3 is 0 Å². The normalized spacial score (nSPS) is 15.3. The van der Waals surface area contributed by atoms with Crippen LogP contribution in [0, 0.1) is 13.8 Å². The summed E-state index contributed by atoms with van der Waals surface area (Å²) >= 11 is 0.987. The van der Waals surface area contributed by atoms with E-state index in [1.54, 1.807) is 6.08 Å². The van der Waals surface area contributed by atoms with E-state index < -0.39 is 0 Å². The zero-order valence-electron chi connectivity index (χ0n) is 17.4. The first kappa shape index (κ1) is 21.0. The fourth-order valence-corrected chi connectivity index (χ4v) is 4.09. The number of carbonyl (C=O) groups is 2. The van der Waals surface area contributed by atoms with Gasteiger partial charge in [-0.25, -0.2) is 0 Å². The minimum Gasteiger partial charge on any atom is -0.372 e. The lowest BCUT2D eigenvalue weighted by Gasteiger charge is -2.20. The molecule has 1 N–H and O–H groups in total. The summed E-state index contributed by atoms with van der Waals surface area (Å²) in [5.41, 5.74) is 5.19. The smallest absolute Gasteiger partial charge is 0.295 e. The molecule has 0 radical (unpaired) electrons. The van der Waals surface area contributed by atoms with Gasteiger partial charge in [-0.15, -0.1) is 0 Å². The molecule has 29 heavy (non-hydrogen) atoms. The van der Waals surface area contributed by atoms with Crippen molar-refractivity contribution in [3.05, 3.63) is 64.1 Å². The van der Waals surface area contributed by atoms with E-state index in [1.807, 2.05) is 56.3 Å². The monoisotopic (exact) mass is 409 g/mol. The van der Waals surface area contributed by atoms with E-state index in [9.17, 15) is 9.59 Å². The number of rotatable bonds is 7. The Kier molecular flexibility index (Phi) is 6.64. The highest BCUT2D eigenvalue weighted by molar-refractivity contribution is 8.18. The lowest BCUT2D eigenvalue weighted by atomic mass is 10.1. The number of anilines is 2. The highest BCUT2D eigenvalue weighted by atomic mass is 32.2. The van der Waals surface area contributed by atoms with Crippen molar-refractivity contribution in [3.8, 4) is 0 Å². The Morgan fingerprint density at radius 3 is 2.38 bits per heavy atom. The second kappa shape index (κ2) is 9.18. The van der Waals surface area contributed by atoms with Crippen LogP contribution in [0.15, 0.2) is 47.4 Å². The number of benzene rings is 2. The molecule has 0 unspecified atom stereocenters. The lowest BCUT2D eigenvalue weighted by molar-refractivity contribution is -0.122. The van der Waals surface area contributed by atoms with Crippen LogP contribution in [-0.4, -0.2) is 35.8 Å². The number of amides is 2. The maximum absolute atomic E-state index is 12.7. The Balaban J connectivity index is 1.70. The average Bonchev–Trinajstić information content (AvgIpc) is 2.97. The number of hydrogen-bond acceptors (Lipinski definition) is 5. The van der Waals surface area contributed by atoms with E-state index in [1.165, 1.54) is 4.90 Å². The third kappa shape index (κ3) is 4.82. The van der Waals surface area contributed by atoms with E-state index in [0.717, 1.165) is 52.9 Å². The molecule has 2 aromatic rings. The molecule has 5 nitrogen and oxygen atoms in total. The summed E-state index contributed by atoms with van der Waals surface area (Å²) in [6, 6.07) is 14.1. The first-order valence-corrected chi connectivity index (χ1v) is 10.7. The summed E-state index contributed by atoms with van der Waals surface area (Å²) < 4.78 is 0. The maximum Gasteiger partial charge on any atom is 0.295 e. The summed E-state index contributed by atoms with van der Waals surface area (Å²) in [5, 5.41) is 2.96. The molecule has 3 rings (SSSR count). The molecule has 0 aliphatic carbocycles. The number of aryl methyl sites for hydroxylation is 2. The van der Waals surface area contributed by atoms with Crippen LogP contribution in [0.2, 0.25) is 0 Å². The van der Waals surface area contributed by atoms with Crippen molar-refractivity contribution in [2.24, 2.45) is 0 Å². The van der Waals surface area contributed by atoms with Gasteiger partial charge in [-0.3, -0.25) is 14.5 Å². The summed E-state index contributed by atoms with van der Waals surface area (Å²) in [5.74, 6) is -0.259. The topological polar surface area (TPSA) is 52.7 Å². The van der Waals surface area contributed by atoms with Gasteiger partial charge in [0.2, 0.25) is 0 Å². The molecule has 1 fully saturated rings. The lowest BCUT2D eigenvalue weighted by Crippen LogP contribution is -2.33. The van der Waals surface area contributed by atoms with Gasteiger partial charge in [-0.1, -0.05) is 24.3 Å². The maximum atomic E-state index is 12.7. The second-order valence-corrected chi connectivity index (χ2v) is 8.02. The van der Waals surface area contributed by atoms with E-state index in [-0.39, 0.29) is 17.8 Å². The molecule has 1 aliphatic heterocycles. The van der Waals surface area contributed by atoms with Gasteiger partial charge in [-0.05, 0) is 80.4 Å². The third-order valence-electron chi connectivity index (χ3n) is 5.01. The Morgan fingerprint density at radius 2 is 1.72 bits per heavy atom. The van der Waals surface area contributed by atoms with E-state index in [2.05, 4.69) is 24.1 Å². The number of imide groups is 1. The Hall–Kier alpha value is -2.73. The molecule has 2 aromatic carbocycles. The molecule has 0 spiro atoms. The standard InChI is InChI=1S/C23H27N3O2S/c1-5-25(6-2)19-11-9-18(10-12-19)14-21-22(27)26(23(28)29-21)15-24-20-13-16(3)7-8-17(20)4/h7-14,24H,5-6,15H2,1-4H3/b21-14-. The molecular formula is C23H27N3O2S. The molecular weight excluding hydrogens is 382 g/mol. The number of nitrogens with zero attached hydrogens (tertiary/aromatic N) is 2. The molecule has 0 bridgehead atoms. The van der Waals surface area contributed by atoms with Gasteiger partial charge in [0.05, 0.1) is 11.6 Å². The average molecular weight is 410 g/mol. The minimum absolute atomic E-state index is 0.160. The van der Waals surface area contributed by atoms with E-state index in [0.29, 0.717) is 4.91 Å². The molecule has 0 atom stereocenters. The van der Waals surface area contributed by atoms with Crippen molar-refractivity contribution in [3.63, 3.8) is 0 Å². The van der Waals surface area contributed by atoms with Crippen LogP contribution in [0.4, 0.5) is 16.2 Å². The summed E-state index contributed by atoms with van der Waals surface area (Å²) in [6.45, 7) is 10.3. The molecule has 6 heteroatoms. The quantitative estimate of drug-likeness (QED) is 0.633. The zero-order valence-corrected chi connectivity index (χ0v) is 18.2. The number of nitrogens with one attached hydrogen (secondary N) is 1. The van der Waals surface area contributed by atoms with Crippen LogP contribution in [0.5, 0.6) is 0 Å². The van der Waals surface area contributed by atoms with Crippen molar-refractivity contribution < 1.29 is 9.59 Å². The third-order valence-corrected chi connectivity index (χ3v) is 5.92. The van der Waals surface area contributed by atoms with E-state index in [4.69, 9.17) is 0 Å². The molecule has 1 heterocycles. The van der Waals surface area contributed by atoms with Crippen molar-refractivity contribution >= 4 is 40.4 Å². The predicted molar refractivity (Wildman–Crippen MR) is 122 cm³/mol. The van der Waals surface area contributed by atoms with Crippen LogP contribution < -0.4 is 10.2 Å². The molecule has 1 saturated heterocycles. The van der Waals surface area contributed by atoms with Crippen LogP contribution in [0.1, 0.15) is 30.5 Å². The minimum atomic E-state index is -0.259. The number of thioether (sulfide) groups is 1. The fourth-order valence-electron chi connectivity index (χ4n) is 3.25. The van der Waals surface area contributed by atoms with Gasteiger partial charge in [0, 0.05) is 24.5 Å². The van der Waals surface area contributed by atoms with Crippen LogP contribution in [0.3, 0.4) is 0 Å². The summed E-state index contributed by atoms with van der Waals surface area (Å²) in [7, 11) is 0. The van der Waals surface area contributed by atoms with Crippen molar-refractivity contribution in [1.29, 1.82) is 0 Å². The molecule has 0 saturated carbocycles. The first-order chi connectivity index (χ1) is 13.9. The molecule has 2 amide bonds. The molecule has 1 aliphatic rings. The number of carbonyl (C=O) groups excluding carboxylic acids is 2. The Bertz CT molecular complexity index is 934. The highest BCUT2D eigenvalue weighted by Gasteiger charge is 2.34. The van der Waals surface area contributed by atoms with Crippen molar-refractivity contribution in [2.75, 3.05) is 30.0 Å². The Morgan fingerprint density at radius 1 is 1.03 bits per heavy atom. The summed E-state index contributed by atoms with van der Waals surface area (Å²) in [4.78, 5) is 29.1. The van der Waals surface area contributed by atoms with Gasteiger partial charge in [0.1, 0.15) is 0 Å². The number of hydrogen-bond donors (Lipinski definition) is 1. The highest BCUT2D eigenvalue weighted by Crippen LogP contribution is 2.32. The van der Waals surface area contributed by atoms with Crippen LogP contribution in [0.25, 0.3) is 6.08 Å². The Labute approximate surface area is 176 Å². The molecule has 0 aromatic heterocycles. The van der Waals surface area contributed by atoms with Gasteiger partial charge < -0.3 is 10.2 Å². The fraction of sp³-hybridized carbons (Fsp3) is 0.304. The zero-order chi connectivity index (χ0) is 21.0. The van der Waals surface area contributed by atoms with E-state index >= 15 is 0 Å².